The van der Waals surface area contributed by atoms with Crippen molar-refractivity contribution < 1.29 is 9.66 Å². The van der Waals surface area contributed by atoms with Gasteiger partial charge in [-0.15, -0.1) is 6.42 Å². The van der Waals surface area contributed by atoms with Gasteiger partial charge in [0.15, 0.2) is 0 Å². The highest BCUT2D eigenvalue weighted by atomic mass is 16.6. The number of hydrogen-bond acceptors (Lipinski definition) is 3. The van der Waals surface area contributed by atoms with Crippen molar-refractivity contribution >= 4 is 6.08 Å². The molecule has 1 rings (SSSR count). The molecule has 0 heterocycles. The fourth-order valence-corrected chi connectivity index (χ4v) is 1.01. The molecule has 1 aromatic rings. The van der Waals surface area contributed by atoms with Crippen molar-refractivity contribution in [2.45, 2.75) is 0 Å². The molecule has 0 aromatic heterocycles. The van der Waals surface area contributed by atoms with Crippen LogP contribution in [0.3, 0.4) is 0 Å². The third-order valence-electron chi connectivity index (χ3n) is 1.61. The van der Waals surface area contributed by atoms with Crippen LogP contribution in [0.5, 0.6) is 5.75 Å². The zero-order valence-corrected chi connectivity index (χ0v) is 7.92. The smallest absolute Gasteiger partial charge is 0.235 e. The largest absolute Gasteiger partial charge is 0.480 e. The van der Waals surface area contributed by atoms with E-state index in [2.05, 4.69) is 5.92 Å². The Bertz CT molecular complexity index is 418. The van der Waals surface area contributed by atoms with E-state index in [9.17, 15) is 10.1 Å². The standard InChI is InChI=1S/C11H9NO3/c1-2-9-15-11-6-4-3-5-10(11)7-8-12(13)14/h1,3-8H,9H2. The summed E-state index contributed by atoms with van der Waals surface area (Å²) >= 11 is 0. The summed E-state index contributed by atoms with van der Waals surface area (Å²) in [5.41, 5.74) is 0.629. The van der Waals surface area contributed by atoms with E-state index in [0.717, 1.165) is 6.20 Å². The van der Waals surface area contributed by atoms with E-state index in [-0.39, 0.29) is 6.61 Å². The first-order valence-electron chi connectivity index (χ1n) is 4.21. The molecular formula is C11H9NO3. The normalized spacial score (nSPS) is 9.80. The van der Waals surface area contributed by atoms with Crippen LogP contribution in [0, 0.1) is 22.5 Å². The zero-order chi connectivity index (χ0) is 11.1. The van der Waals surface area contributed by atoms with Crippen LogP contribution in [0.4, 0.5) is 0 Å². The Labute approximate surface area is 87.3 Å². The molecule has 76 valence electrons. The monoisotopic (exact) mass is 203 g/mol. The van der Waals surface area contributed by atoms with Crippen LogP contribution < -0.4 is 4.74 Å². The number of ether oxygens (including phenoxy) is 1. The number of nitro groups is 1. The lowest BCUT2D eigenvalue weighted by atomic mass is 10.2. The minimum atomic E-state index is -0.530. The lowest BCUT2D eigenvalue weighted by Gasteiger charge is -2.04. The first-order valence-corrected chi connectivity index (χ1v) is 4.21. The molecule has 0 aliphatic rings. The van der Waals surface area contributed by atoms with Crippen LogP contribution in [0.15, 0.2) is 30.5 Å². The molecule has 0 bridgehead atoms. The van der Waals surface area contributed by atoms with Gasteiger partial charge in [-0.05, 0) is 6.07 Å². The molecular weight excluding hydrogens is 194 g/mol. The Morgan fingerprint density at radius 3 is 2.93 bits per heavy atom. The summed E-state index contributed by atoms with van der Waals surface area (Å²) in [7, 11) is 0. The van der Waals surface area contributed by atoms with Crippen LogP contribution >= 0.6 is 0 Å². The number of benzene rings is 1. The highest BCUT2D eigenvalue weighted by Crippen LogP contribution is 2.19. The zero-order valence-electron chi connectivity index (χ0n) is 7.92. The number of para-hydroxylation sites is 1. The second kappa shape index (κ2) is 5.45. The number of rotatable bonds is 4. The van der Waals surface area contributed by atoms with Crippen LogP contribution in [0.2, 0.25) is 0 Å². The lowest BCUT2D eigenvalue weighted by Crippen LogP contribution is -1.95. The predicted molar refractivity (Wildman–Crippen MR) is 56.8 cm³/mol. The Balaban J connectivity index is 2.86. The van der Waals surface area contributed by atoms with Gasteiger partial charge in [-0.25, -0.2) is 0 Å². The first-order chi connectivity index (χ1) is 7.24. The van der Waals surface area contributed by atoms with Gasteiger partial charge in [-0.2, -0.15) is 0 Å². The molecule has 0 atom stereocenters. The summed E-state index contributed by atoms with van der Waals surface area (Å²) in [6, 6.07) is 6.96. The SMILES string of the molecule is C#CCOc1ccccc1C=C[N+](=O)[O-]. The second-order valence-corrected chi connectivity index (χ2v) is 2.63. The van der Waals surface area contributed by atoms with E-state index in [1.165, 1.54) is 6.08 Å². The van der Waals surface area contributed by atoms with Crippen molar-refractivity contribution in [2.24, 2.45) is 0 Å². The molecule has 0 saturated heterocycles. The molecule has 0 unspecified atom stereocenters. The molecule has 0 amide bonds. The van der Waals surface area contributed by atoms with Crippen LogP contribution in [0.25, 0.3) is 6.08 Å². The van der Waals surface area contributed by atoms with Gasteiger partial charge in [0.05, 0.1) is 4.92 Å². The molecule has 0 N–H and O–H groups in total. The summed E-state index contributed by atoms with van der Waals surface area (Å²) in [4.78, 5) is 9.61. The van der Waals surface area contributed by atoms with Crippen molar-refractivity contribution in [1.29, 1.82) is 0 Å². The van der Waals surface area contributed by atoms with Gasteiger partial charge in [0.2, 0.25) is 6.20 Å². The minimum absolute atomic E-state index is 0.142. The Hall–Kier alpha value is -2.28. The summed E-state index contributed by atoms with van der Waals surface area (Å²) in [5, 5.41) is 10.1. The molecule has 0 aliphatic heterocycles. The second-order valence-electron chi connectivity index (χ2n) is 2.63. The molecule has 0 aliphatic carbocycles. The van der Waals surface area contributed by atoms with E-state index in [1.54, 1.807) is 24.3 Å². The number of hydrogen-bond donors (Lipinski definition) is 0. The predicted octanol–water partition coefficient (Wildman–Crippen LogP) is 1.95. The van der Waals surface area contributed by atoms with Crippen molar-refractivity contribution in [3.8, 4) is 18.1 Å². The van der Waals surface area contributed by atoms with Crippen LogP contribution in [0.1, 0.15) is 5.56 Å². The Morgan fingerprint density at radius 1 is 1.53 bits per heavy atom. The molecule has 4 nitrogen and oxygen atoms in total. The minimum Gasteiger partial charge on any atom is -0.480 e. The molecule has 0 fully saturated rings. The summed E-state index contributed by atoms with van der Waals surface area (Å²) in [6.07, 6.45) is 7.27. The molecule has 0 radical (unpaired) electrons. The van der Waals surface area contributed by atoms with E-state index in [4.69, 9.17) is 11.2 Å². The van der Waals surface area contributed by atoms with Crippen molar-refractivity contribution in [2.75, 3.05) is 6.61 Å². The van der Waals surface area contributed by atoms with E-state index < -0.39 is 4.92 Å². The van der Waals surface area contributed by atoms with E-state index in [1.807, 2.05) is 0 Å². The highest BCUT2D eigenvalue weighted by Gasteiger charge is 1.99. The third kappa shape index (κ3) is 3.53. The number of nitrogens with zero attached hydrogens (tertiary/aromatic N) is 1. The Morgan fingerprint density at radius 2 is 2.27 bits per heavy atom. The van der Waals surface area contributed by atoms with Crippen LogP contribution in [-0.4, -0.2) is 11.5 Å². The van der Waals surface area contributed by atoms with Gasteiger partial charge in [0.25, 0.3) is 0 Å². The van der Waals surface area contributed by atoms with Crippen molar-refractivity contribution in [3.05, 3.63) is 46.1 Å². The average molecular weight is 203 g/mol. The van der Waals surface area contributed by atoms with E-state index in [0.29, 0.717) is 11.3 Å². The van der Waals surface area contributed by atoms with Gasteiger partial charge < -0.3 is 4.74 Å². The maximum absolute atomic E-state index is 10.1. The maximum Gasteiger partial charge on any atom is 0.235 e. The highest BCUT2D eigenvalue weighted by molar-refractivity contribution is 5.56. The van der Waals surface area contributed by atoms with Crippen LogP contribution in [-0.2, 0) is 0 Å². The van der Waals surface area contributed by atoms with Gasteiger partial charge in [-0.3, -0.25) is 10.1 Å². The fourth-order valence-electron chi connectivity index (χ4n) is 1.01. The van der Waals surface area contributed by atoms with E-state index >= 15 is 0 Å². The summed E-state index contributed by atoms with van der Waals surface area (Å²) in [5.74, 6) is 2.86. The lowest BCUT2D eigenvalue weighted by molar-refractivity contribution is -0.400. The van der Waals surface area contributed by atoms with Gasteiger partial charge in [0.1, 0.15) is 12.4 Å². The first kappa shape index (κ1) is 10.8. The molecule has 0 saturated carbocycles. The number of terminal acetylenes is 1. The third-order valence-corrected chi connectivity index (χ3v) is 1.61. The quantitative estimate of drug-likeness (QED) is 0.427. The Kier molecular flexibility index (Phi) is 3.92. The summed E-state index contributed by atoms with van der Waals surface area (Å²) < 4.78 is 5.21. The van der Waals surface area contributed by atoms with Gasteiger partial charge in [0, 0.05) is 11.6 Å². The topological polar surface area (TPSA) is 52.4 Å². The average Bonchev–Trinajstić information content (AvgIpc) is 2.24. The van der Waals surface area contributed by atoms with Gasteiger partial charge in [-0.1, -0.05) is 24.1 Å². The molecule has 15 heavy (non-hydrogen) atoms. The van der Waals surface area contributed by atoms with Crippen molar-refractivity contribution in [1.82, 2.24) is 0 Å². The molecule has 1 aromatic carbocycles. The maximum atomic E-state index is 10.1. The molecule has 0 spiro atoms. The van der Waals surface area contributed by atoms with Gasteiger partial charge >= 0.3 is 0 Å². The molecule has 4 heteroatoms. The van der Waals surface area contributed by atoms with Crippen molar-refractivity contribution in [3.63, 3.8) is 0 Å². The summed E-state index contributed by atoms with van der Waals surface area (Å²) in [6.45, 7) is 0.142. The fraction of sp³-hybridized carbons (Fsp3) is 0.0909.